The molecule has 6 nitrogen and oxygen atoms in total. The first-order chi connectivity index (χ1) is 7.96. The van der Waals surface area contributed by atoms with E-state index in [1.807, 2.05) is 13.8 Å². The van der Waals surface area contributed by atoms with Gasteiger partial charge in [-0.25, -0.2) is 4.68 Å². The predicted octanol–water partition coefficient (Wildman–Crippen LogP) is 0.432. The van der Waals surface area contributed by atoms with E-state index in [9.17, 15) is 4.79 Å². The van der Waals surface area contributed by atoms with Gasteiger partial charge in [0.1, 0.15) is 6.54 Å². The van der Waals surface area contributed by atoms with Crippen molar-refractivity contribution in [2.75, 3.05) is 0 Å². The summed E-state index contributed by atoms with van der Waals surface area (Å²) in [5.74, 6) is -0.0584. The minimum atomic E-state index is -0.177. The van der Waals surface area contributed by atoms with Crippen molar-refractivity contribution in [3.05, 3.63) is 11.9 Å². The average molecular weight is 239 g/mol. The van der Waals surface area contributed by atoms with Crippen molar-refractivity contribution < 1.29 is 4.79 Å². The van der Waals surface area contributed by atoms with Gasteiger partial charge >= 0.3 is 0 Å². The van der Waals surface area contributed by atoms with E-state index < -0.39 is 0 Å². The molecule has 1 heterocycles. The van der Waals surface area contributed by atoms with E-state index in [-0.39, 0.29) is 18.0 Å². The molecule has 0 atom stereocenters. The lowest BCUT2D eigenvalue weighted by Crippen LogP contribution is -2.44. The van der Waals surface area contributed by atoms with E-state index in [1.165, 1.54) is 4.68 Å². The molecule has 0 aromatic carbocycles. The van der Waals surface area contributed by atoms with Crippen LogP contribution < -0.4 is 11.1 Å². The molecule has 1 aromatic rings. The Morgan fingerprint density at radius 3 is 2.82 bits per heavy atom. The van der Waals surface area contributed by atoms with E-state index in [0.717, 1.165) is 12.8 Å². The maximum Gasteiger partial charge on any atom is 0.242 e. The third-order valence-corrected chi connectivity index (χ3v) is 2.45. The molecule has 0 saturated heterocycles. The number of nitrogens with one attached hydrogen (secondary N) is 1. The summed E-state index contributed by atoms with van der Waals surface area (Å²) in [5, 5.41) is 10.6. The first-order valence-electron chi connectivity index (χ1n) is 5.87. The van der Waals surface area contributed by atoms with E-state index in [2.05, 4.69) is 22.6 Å². The van der Waals surface area contributed by atoms with Gasteiger partial charge in [0.25, 0.3) is 0 Å². The number of hydrogen-bond donors (Lipinski definition) is 2. The standard InChI is InChI=1S/C11H21N5O/c1-4-5-11(2,3)13-10(17)8-16-7-9(6-12)14-15-16/h7H,4-6,8,12H2,1-3H3,(H,13,17). The van der Waals surface area contributed by atoms with Gasteiger partial charge in [-0.3, -0.25) is 4.79 Å². The second-order valence-electron chi connectivity index (χ2n) is 4.79. The minimum absolute atomic E-state index is 0.0584. The van der Waals surface area contributed by atoms with Gasteiger partial charge in [-0.05, 0) is 20.3 Å². The Morgan fingerprint density at radius 2 is 2.29 bits per heavy atom. The first-order valence-corrected chi connectivity index (χ1v) is 5.87. The Morgan fingerprint density at radius 1 is 1.59 bits per heavy atom. The lowest BCUT2D eigenvalue weighted by molar-refractivity contribution is -0.123. The molecule has 17 heavy (non-hydrogen) atoms. The van der Waals surface area contributed by atoms with Gasteiger partial charge in [0.05, 0.1) is 11.9 Å². The zero-order valence-electron chi connectivity index (χ0n) is 10.7. The zero-order valence-corrected chi connectivity index (χ0v) is 10.7. The molecule has 6 heteroatoms. The van der Waals surface area contributed by atoms with Crippen molar-refractivity contribution in [2.24, 2.45) is 5.73 Å². The molecule has 0 aliphatic heterocycles. The zero-order chi connectivity index (χ0) is 12.9. The second kappa shape index (κ2) is 5.77. The molecule has 1 rings (SSSR count). The maximum absolute atomic E-state index is 11.8. The Balaban J connectivity index is 2.49. The van der Waals surface area contributed by atoms with Gasteiger partial charge < -0.3 is 11.1 Å². The summed E-state index contributed by atoms with van der Waals surface area (Å²) >= 11 is 0. The van der Waals surface area contributed by atoms with Crippen LogP contribution in [-0.4, -0.2) is 26.4 Å². The number of rotatable bonds is 6. The number of carbonyl (C=O) groups excluding carboxylic acids is 1. The fraction of sp³-hybridized carbons (Fsp3) is 0.727. The molecule has 96 valence electrons. The van der Waals surface area contributed by atoms with E-state index in [4.69, 9.17) is 5.73 Å². The molecule has 0 bridgehead atoms. The number of nitrogens with zero attached hydrogens (tertiary/aromatic N) is 3. The lowest BCUT2D eigenvalue weighted by Gasteiger charge is -2.25. The van der Waals surface area contributed by atoms with Gasteiger partial charge in [-0.1, -0.05) is 18.6 Å². The molecule has 3 N–H and O–H groups in total. The normalized spacial score (nSPS) is 11.5. The summed E-state index contributed by atoms with van der Waals surface area (Å²) in [5.41, 5.74) is 5.93. The van der Waals surface area contributed by atoms with E-state index in [1.54, 1.807) is 6.20 Å². The molecular weight excluding hydrogens is 218 g/mol. The fourth-order valence-corrected chi connectivity index (χ4v) is 1.76. The molecule has 1 aromatic heterocycles. The van der Waals surface area contributed by atoms with Crippen LogP contribution in [0.25, 0.3) is 0 Å². The average Bonchev–Trinajstić information content (AvgIpc) is 2.64. The Hall–Kier alpha value is -1.43. The Bertz CT molecular complexity index is 372. The SMILES string of the molecule is CCCC(C)(C)NC(=O)Cn1cc(CN)nn1. The van der Waals surface area contributed by atoms with Gasteiger partial charge in [0, 0.05) is 12.1 Å². The topological polar surface area (TPSA) is 85.8 Å². The monoisotopic (exact) mass is 239 g/mol. The van der Waals surface area contributed by atoms with Crippen LogP contribution in [0.2, 0.25) is 0 Å². The number of hydrogen-bond acceptors (Lipinski definition) is 4. The molecule has 0 saturated carbocycles. The molecule has 0 radical (unpaired) electrons. The summed E-state index contributed by atoms with van der Waals surface area (Å²) < 4.78 is 1.50. The third kappa shape index (κ3) is 4.52. The number of carbonyl (C=O) groups is 1. The van der Waals surface area contributed by atoms with Gasteiger partial charge in [-0.2, -0.15) is 0 Å². The van der Waals surface area contributed by atoms with Crippen LogP contribution >= 0.6 is 0 Å². The summed E-state index contributed by atoms with van der Waals surface area (Å²) in [6.07, 6.45) is 3.67. The molecular formula is C11H21N5O. The molecule has 0 aliphatic carbocycles. The van der Waals surface area contributed by atoms with Crippen LogP contribution in [0.5, 0.6) is 0 Å². The van der Waals surface area contributed by atoms with E-state index in [0.29, 0.717) is 12.2 Å². The highest BCUT2D eigenvalue weighted by molar-refractivity contribution is 5.76. The van der Waals surface area contributed by atoms with Crippen molar-refractivity contribution in [3.63, 3.8) is 0 Å². The van der Waals surface area contributed by atoms with Crippen molar-refractivity contribution >= 4 is 5.91 Å². The molecule has 1 amide bonds. The van der Waals surface area contributed by atoms with Gasteiger partial charge in [-0.15, -0.1) is 5.10 Å². The summed E-state index contributed by atoms with van der Waals surface area (Å²) in [6.45, 7) is 6.64. The Labute approximate surface area is 102 Å². The molecule has 0 unspecified atom stereocenters. The number of aromatic nitrogens is 3. The van der Waals surface area contributed by atoms with Crippen LogP contribution in [0.15, 0.2) is 6.20 Å². The highest BCUT2D eigenvalue weighted by Gasteiger charge is 2.19. The molecule has 0 fully saturated rings. The number of nitrogens with two attached hydrogens (primary N) is 1. The summed E-state index contributed by atoms with van der Waals surface area (Å²) in [4.78, 5) is 11.8. The molecule has 0 aliphatic rings. The van der Waals surface area contributed by atoms with Crippen LogP contribution in [0, 0.1) is 0 Å². The van der Waals surface area contributed by atoms with Crippen LogP contribution in [0.1, 0.15) is 39.3 Å². The maximum atomic E-state index is 11.8. The van der Waals surface area contributed by atoms with Crippen LogP contribution in [0.4, 0.5) is 0 Å². The van der Waals surface area contributed by atoms with Gasteiger partial charge in [0.15, 0.2) is 0 Å². The smallest absolute Gasteiger partial charge is 0.242 e. The molecule has 0 spiro atoms. The van der Waals surface area contributed by atoms with Crippen molar-refractivity contribution in [1.82, 2.24) is 20.3 Å². The number of amides is 1. The highest BCUT2D eigenvalue weighted by atomic mass is 16.2. The largest absolute Gasteiger partial charge is 0.350 e. The van der Waals surface area contributed by atoms with Crippen LogP contribution in [0.3, 0.4) is 0 Å². The van der Waals surface area contributed by atoms with E-state index >= 15 is 0 Å². The van der Waals surface area contributed by atoms with Crippen molar-refractivity contribution in [2.45, 2.75) is 52.2 Å². The van der Waals surface area contributed by atoms with Crippen molar-refractivity contribution in [3.8, 4) is 0 Å². The predicted molar refractivity (Wildman–Crippen MR) is 65.0 cm³/mol. The fourth-order valence-electron chi connectivity index (χ4n) is 1.76. The van der Waals surface area contributed by atoms with Gasteiger partial charge in [0.2, 0.25) is 5.91 Å². The lowest BCUT2D eigenvalue weighted by atomic mass is 9.99. The second-order valence-corrected chi connectivity index (χ2v) is 4.79. The quantitative estimate of drug-likeness (QED) is 0.754. The highest BCUT2D eigenvalue weighted by Crippen LogP contribution is 2.10. The summed E-state index contributed by atoms with van der Waals surface area (Å²) in [7, 11) is 0. The van der Waals surface area contributed by atoms with Crippen LogP contribution in [-0.2, 0) is 17.9 Å². The third-order valence-electron chi connectivity index (χ3n) is 2.45. The summed E-state index contributed by atoms with van der Waals surface area (Å²) in [6, 6.07) is 0. The Kier molecular flexibility index (Phi) is 4.62. The first kappa shape index (κ1) is 13.6. The minimum Gasteiger partial charge on any atom is -0.350 e. The van der Waals surface area contributed by atoms with Crippen molar-refractivity contribution in [1.29, 1.82) is 0 Å².